The maximum absolute atomic E-state index is 5.54. The molecule has 1 rings (SSSR count). The Morgan fingerprint density at radius 1 is 1.20 bits per heavy atom. The third kappa shape index (κ3) is 6.26. The van der Waals surface area contributed by atoms with Crippen LogP contribution in [0.5, 0.6) is 0 Å². The van der Waals surface area contributed by atoms with Gasteiger partial charge in [0.1, 0.15) is 0 Å². The molecule has 1 N–H and O–H groups in total. The number of rotatable bonds is 7. The van der Waals surface area contributed by atoms with Crippen molar-refractivity contribution in [1.29, 1.82) is 0 Å². The van der Waals surface area contributed by atoms with Crippen molar-refractivity contribution < 1.29 is 4.74 Å². The van der Waals surface area contributed by atoms with Crippen LogP contribution in [0.4, 0.5) is 0 Å². The van der Waals surface area contributed by atoms with Gasteiger partial charge in [0.25, 0.3) is 0 Å². The first-order chi connectivity index (χ1) is 7.29. The highest BCUT2D eigenvalue weighted by Gasteiger charge is 1.93. The van der Waals surface area contributed by atoms with E-state index in [2.05, 4.69) is 31.3 Å². The zero-order chi connectivity index (χ0) is 10.9. The minimum atomic E-state index is 0.708. The Bertz CT molecular complexity index is 246. The van der Waals surface area contributed by atoms with E-state index in [-0.39, 0.29) is 0 Å². The Morgan fingerprint density at radius 3 is 2.60 bits per heavy atom. The topological polar surface area (TPSA) is 21.3 Å². The van der Waals surface area contributed by atoms with Crippen LogP contribution in [0, 0.1) is 5.92 Å². The van der Waals surface area contributed by atoms with Crippen molar-refractivity contribution in [3.8, 4) is 0 Å². The van der Waals surface area contributed by atoms with Gasteiger partial charge in [0, 0.05) is 6.54 Å². The number of benzene rings is 1. The third-order valence-corrected chi connectivity index (χ3v) is 2.09. The van der Waals surface area contributed by atoms with Crippen LogP contribution in [0.25, 0.3) is 0 Å². The van der Waals surface area contributed by atoms with Gasteiger partial charge in [-0.05, 0) is 18.0 Å². The molecule has 0 aliphatic rings. The minimum absolute atomic E-state index is 0.708. The van der Waals surface area contributed by atoms with Crippen molar-refractivity contribution in [3.05, 3.63) is 35.9 Å². The van der Waals surface area contributed by atoms with Gasteiger partial charge in [0.2, 0.25) is 0 Å². The van der Waals surface area contributed by atoms with E-state index in [1.165, 1.54) is 5.56 Å². The Balaban J connectivity index is 1.98. The SMILES string of the molecule is CC(C)CNCCOCc1ccccc1. The van der Waals surface area contributed by atoms with Gasteiger partial charge in [-0.1, -0.05) is 44.2 Å². The van der Waals surface area contributed by atoms with Crippen LogP contribution >= 0.6 is 0 Å². The van der Waals surface area contributed by atoms with Crippen molar-refractivity contribution in [3.63, 3.8) is 0 Å². The Hall–Kier alpha value is -0.860. The molecular weight excluding hydrogens is 186 g/mol. The Morgan fingerprint density at radius 2 is 1.93 bits per heavy atom. The number of nitrogens with one attached hydrogen (secondary N) is 1. The van der Waals surface area contributed by atoms with Crippen molar-refractivity contribution in [2.75, 3.05) is 19.7 Å². The van der Waals surface area contributed by atoms with Crippen LogP contribution in [-0.4, -0.2) is 19.7 Å². The first-order valence-electron chi connectivity index (χ1n) is 5.61. The fraction of sp³-hybridized carbons (Fsp3) is 0.538. The van der Waals surface area contributed by atoms with Crippen molar-refractivity contribution in [2.45, 2.75) is 20.5 Å². The maximum atomic E-state index is 5.54. The molecule has 0 aromatic heterocycles. The van der Waals surface area contributed by atoms with Gasteiger partial charge >= 0.3 is 0 Å². The van der Waals surface area contributed by atoms with E-state index >= 15 is 0 Å². The Labute approximate surface area is 92.6 Å². The summed E-state index contributed by atoms with van der Waals surface area (Å²) in [6.45, 7) is 7.90. The highest BCUT2D eigenvalue weighted by Crippen LogP contribution is 1.99. The first-order valence-corrected chi connectivity index (χ1v) is 5.61. The summed E-state index contributed by atoms with van der Waals surface area (Å²) in [5, 5.41) is 3.35. The van der Waals surface area contributed by atoms with Gasteiger partial charge in [-0.15, -0.1) is 0 Å². The van der Waals surface area contributed by atoms with Gasteiger partial charge in [0.15, 0.2) is 0 Å². The number of hydrogen-bond acceptors (Lipinski definition) is 2. The molecule has 0 heterocycles. The van der Waals surface area contributed by atoms with E-state index in [4.69, 9.17) is 4.74 Å². The number of ether oxygens (including phenoxy) is 1. The molecular formula is C13H21NO. The van der Waals surface area contributed by atoms with E-state index in [0.29, 0.717) is 12.5 Å². The fourth-order valence-electron chi connectivity index (χ4n) is 1.30. The summed E-state index contributed by atoms with van der Waals surface area (Å²) < 4.78 is 5.54. The molecule has 0 aliphatic carbocycles. The normalized spacial score (nSPS) is 10.9. The van der Waals surface area contributed by atoms with E-state index in [1.807, 2.05) is 18.2 Å². The van der Waals surface area contributed by atoms with Crippen LogP contribution < -0.4 is 5.32 Å². The second-order valence-electron chi connectivity index (χ2n) is 4.14. The molecule has 84 valence electrons. The molecule has 0 saturated carbocycles. The maximum Gasteiger partial charge on any atom is 0.0717 e. The van der Waals surface area contributed by atoms with Crippen LogP contribution in [0.15, 0.2) is 30.3 Å². The molecule has 0 amide bonds. The molecule has 0 bridgehead atoms. The molecule has 0 unspecified atom stereocenters. The standard InChI is InChI=1S/C13H21NO/c1-12(2)10-14-8-9-15-11-13-6-4-3-5-7-13/h3-7,12,14H,8-11H2,1-2H3. The lowest BCUT2D eigenvalue weighted by Crippen LogP contribution is -2.23. The van der Waals surface area contributed by atoms with Crippen LogP contribution in [0.1, 0.15) is 19.4 Å². The molecule has 0 saturated heterocycles. The van der Waals surface area contributed by atoms with Crippen molar-refractivity contribution >= 4 is 0 Å². The first kappa shape index (κ1) is 12.2. The highest BCUT2D eigenvalue weighted by molar-refractivity contribution is 5.13. The zero-order valence-electron chi connectivity index (χ0n) is 9.70. The summed E-state index contributed by atoms with van der Waals surface area (Å²) in [4.78, 5) is 0. The lowest BCUT2D eigenvalue weighted by Gasteiger charge is -2.07. The van der Waals surface area contributed by atoms with Crippen molar-refractivity contribution in [2.24, 2.45) is 5.92 Å². The molecule has 0 spiro atoms. The second kappa shape index (κ2) is 7.43. The van der Waals surface area contributed by atoms with E-state index in [9.17, 15) is 0 Å². The highest BCUT2D eigenvalue weighted by atomic mass is 16.5. The molecule has 0 atom stereocenters. The van der Waals surface area contributed by atoms with Gasteiger partial charge in [-0.25, -0.2) is 0 Å². The molecule has 0 radical (unpaired) electrons. The summed E-state index contributed by atoms with van der Waals surface area (Å²) >= 11 is 0. The summed E-state index contributed by atoms with van der Waals surface area (Å²) in [7, 11) is 0. The zero-order valence-corrected chi connectivity index (χ0v) is 9.70. The molecule has 2 heteroatoms. The summed E-state index contributed by atoms with van der Waals surface area (Å²) in [6, 6.07) is 10.3. The summed E-state index contributed by atoms with van der Waals surface area (Å²) in [5.41, 5.74) is 1.24. The molecule has 0 fully saturated rings. The minimum Gasteiger partial charge on any atom is -0.375 e. The molecule has 0 aliphatic heterocycles. The molecule has 15 heavy (non-hydrogen) atoms. The van der Waals surface area contributed by atoms with Gasteiger partial charge < -0.3 is 10.1 Å². The second-order valence-corrected chi connectivity index (χ2v) is 4.14. The largest absolute Gasteiger partial charge is 0.375 e. The predicted molar refractivity (Wildman–Crippen MR) is 63.8 cm³/mol. The molecule has 2 nitrogen and oxygen atoms in total. The summed E-state index contributed by atoms with van der Waals surface area (Å²) in [6.07, 6.45) is 0. The third-order valence-electron chi connectivity index (χ3n) is 2.09. The smallest absolute Gasteiger partial charge is 0.0717 e. The lowest BCUT2D eigenvalue weighted by atomic mass is 10.2. The Kier molecular flexibility index (Phi) is 6.05. The number of hydrogen-bond donors (Lipinski definition) is 1. The average Bonchev–Trinajstić information content (AvgIpc) is 2.24. The van der Waals surface area contributed by atoms with Gasteiger partial charge in [0.05, 0.1) is 13.2 Å². The average molecular weight is 207 g/mol. The van der Waals surface area contributed by atoms with Crippen LogP contribution in [0.2, 0.25) is 0 Å². The van der Waals surface area contributed by atoms with Crippen LogP contribution in [0.3, 0.4) is 0 Å². The monoisotopic (exact) mass is 207 g/mol. The van der Waals surface area contributed by atoms with Crippen molar-refractivity contribution in [1.82, 2.24) is 5.32 Å². The van der Waals surface area contributed by atoms with E-state index in [0.717, 1.165) is 19.7 Å². The van der Waals surface area contributed by atoms with Gasteiger partial charge in [-0.2, -0.15) is 0 Å². The molecule has 1 aromatic rings. The lowest BCUT2D eigenvalue weighted by molar-refractivity contribution is 0.122. The summed E-state index contributed by atoms with van der Waals surface area (Å²) in [5.74, 6) is 0.708. The molecule has 1 aromatic carbocycles. The van der Waals surface area contributed by atoms with Gasteiger partial charge in [-0.3, -0.25) is 0 Å². The van der Waals surface area contributed by atoms with E-state index in [1.54, 1.807) is 0 Å². The van der Waals surface area contributed by atoms with Crippen LogP contribution in [-0.2, 0) is 11.3 Å². The fourth-order valence-corrected chi connectivity index (χ4v) is 1.30. The quantitative estimate of drug-likeness (QED) is 0.693. The van der Waals surface area contributed by atoms with E-state index < -0.39 is 0 Å². The predicted octanol–water partition coefficient (Wildman–Crippen LogP) is 2.45.